The maximum Gasteiger partial charge on any atom is 0.242 e. The van der Waals surface area contributed by atoms with Gasteiger partial charge in [0.05, 0.1) is 22.5 Å². The number of imidazole rings is 1. The lowest BCUT2D eigenvalue weighted by Gasteiger charge is -2.20. The van der Waals surface area contributed by atoms with Crippen LogP contribution < -0.4 is 5.32 Å². The number of aryl methyl sites for hydroxylation is 1. The van der Waals surface area contributed by atoms with Crippen LogP contribution in [-0.4, -0.2) is 41.9 Å². The third-order valence-corrected chi connectivity index (χ3v) is 5.48. The fraction of sp³-hybridized carbons (Fsp3) is 0.562. The summed E-state index contributed by atoms with van der Waals surface area (Å²) in [7, 11) is -0.385. The molecule has 6 nitrogen and oxygen atoms in total. The zero-order valence-electron chi connectivity index (χ0n) is 14.7. The average molecular weight is 338 g/mol. The zero-order chi connectivity index (χ0) is 17.4. The van der Waals surface area contributed by atoms with Gasteiger partial charge in [0.25, 0.3) is 0 Å². The van der Waals surface area contributed by atoms with Gasteiger partial charge >= 0.3 is 0 Å². The van der Waals surface area contributed by atoms with Crippen LogP contribution in [0.4, 0.5) is 0 Å². The maximum absolute atomic E-state index is 12.3. The first-order valence-electron chi connectivity index (χ1n) is 7.73. The summed E-state index contributed by atoms with van der Waals surface area (Å²) in [5.41, 5.74) is 1.66. The molecule has 7 heteroatoms. The van der Waals surface area contributed by atoms with Crippen LogP contribution in [0.2, 0.25) is 0 Å². The highest BCUT2D eigenvalue weighted by atomic mass is 32.2. The topological polar surface area (TPSA) is 67.2 Å². The Balaban J connectivity index is 2.49. The van der Waals surface area contributed by atoms with Gasteiger partial charge in [-0.15, -0.1) is 0 Å². The van der Waals surface area contributed by atoms with Gasteiger partial charge in [-0.25, -0.2) is 17.7 Å². The van der Waals surface area contributed by atoms with Gasteiger partial charge in [-0.3, -0.25) is 0 Å². The predicted octanol–water partition coefficient (Wildman–Crippen LogP) is 2.19. The van der Waals surface area contributed by atoms with Crippen LogP contribution in [0.3, 0.4) is 0 Å². The second-order valence-corrected chi connectivity index (χ2v) is 8.97. The summed E-state index contributed by atoms with van der Waals surface area (Å²) in [4.78, 5) is 4.91. The van der Waals surface area contributed by atoms with Crippen molar-refractivity contribution in [3.05, 3.63) is 24.0 Å². The highest BCUT2D eigenvalue weighted by Crippen LogP contribution is 2.22. The van der Waals surface area contributed by atoms with E-state index in [9.17, 15) is 8.42 Å². The standard InChI is InChI=1S/C16H26N4O2S/c1-7-20-14-9-8-12(23(21,22)19(5)6)10-13(14)18-15(20)11-17-16(2,3)4/h8-10,17H,7,11H2,1-6H3. The number of fused-ring (bicyclic) bond motifs is 1. The van der Waals surface area contributed by atoms with Gasteiger partial charge in [-0.05, 0) is 45.9 Å². The summed E-state index contributed by atoms with van der Waals surface area (Å²) in [6, 6.07) is 5.13. The van der Waals surface area contributed by atoms with Crippen LogP contribution in [0.1, 0.15) is 33.5 Å². The Kier molecular flexibility index (Phi) is 4.84. The van der Waals surface area contributed by atoms with Crippen molar-refractivity contribution in [2.24, 2.45) is 0 Å². The molecule has 0 aliphatic rings. The van der Waals surface area contributed by atoms with Crippen LogP contribution in [0.5, 0.6) is 0 Å². The number of nitrogens with zero attached hydrogens (tertiary/aromatic N) is 3. The molecule has 0 saturated carbocycles. The van der Waals surface area contributed by atoms with Gasteiger partial charge in [0.2, 0.25) is 10.0 Å². The van der Waals surface area contributed by atoms with Crippen molar-refractivity contribution >= 4 is 21.1 Å². The molecule has 2 aromatic rings. The fourth-order valence-electron chi connectivity index (χ4n) is 2.36. The van der Waals surface area contributed by atoms with Crippen molar-refractivity contribution in [1.82, 2.24) is 19.2 Å². The molecule has 1 aromatic carbocycles. The van der Waals surface area contributed by atoms with Crippen molar-refractivity contribution in [3.8, 4) is 0 Å². The molecule has 0 saturated heterocycles. The molecular formula is C16H26N4O2S. The highest BCUT2D eigenvalue weighted by Gasteiger charge is 2.20. The summed E-state index contributed by atoms with van der Waals surface area (Å²) < 4.78 is 27.9. The Hall–Kier alpha value is -1.44. The molecule has 0 aliphatic heterocycles. The third-order valence-electron chi connectivity index (χ3n) is 3.67. The van der Waals surface area contributed by atoms with E-state index in [-0.39, 0.29) is 10.4 Å². The second-order valence-electron chi connectivity index (χ2n) is 6.81. The number of aromatic nitrogens is 2. The van der Waals surface area contributed by atoms with E-state index in [0.29, 0.717) is 12.1 Å². The quantitative estimate of drug-likeness (QED) is 0.907. The summed E-state index contributed by atoms with van der Waals surface area (Å²) >= 11 is 0. The lowest BCUT2D eigenvalue weighted by molar-refractivity contribution is 0.413. The number of rotatable bonds is 5. The van der Waals surface area contributed by atoms with Gasteiger partial charge in [-0.1, -0.05) is 0 Å². The molecule has 0 atom stereocenters. The molecule has 128 valence electrons. The molecule has 1 aromatic heterocycles. The van der Waals surface area contributed by atoms with Crippen molar-refractivity contribution < 1.29 is 8.42 Å². The minimum absolute atomic E-state index is 0.00384. The first-order chi connectivity index (χ1) is 10.6. The normalized spacial score (nSPS) is 13.2. The Labute approximate surface area is 138 Å². The van der Waals surface area contributed by atoms with Gasteiger partial charge in [0.15, 0.2) is 0 Å². The van der Waals surface area contributed by atoms with Crippen LogP contribution >= 0.6 is 0 Å². The van der Waals surface area contributed by atoms with Gasteiger partial charge < -0.3 is 9.88 Å². The molecule has 0 bridgehead atoms. The van der Waals surface area contributed by atoms with E-state index >= 15 is 0 Å². The Morgan fingerprint density at radius 3 is 2.43 bits per heavy atom. The maximum atomic E-state index is 12.3. The largest absolute Gasteiger partial charge is 0.327 e. The van der Waals surface area contributed by atoms with E-state index in [4.69, 9.17) is 0 Å². The van der Waals surface area contributed by atoms with Crippen LogP contribution in [0, 0.1) is 0 Å². The van der Waals surface area contributed by atoms with E-state index in [0.717, 1.165) is 17.9 Å². The van der Waals surface area contributed by atoms with E-state index in [2.05, 4.69) is 42.6 Å². The first kappa shape index (κ1) is 17.9. The molecule has 0 aliphatic carbocycles. The van der Waals surface area contributed by atoms with Crippen molar-refractivity contribution in [2.75, 3.05) is 14.1 Å². The minimum Gasteiger partial charge on any atom is -0.327 e. The van der Waals surface area contributed by atoms with Crippen molar-refractivity contribution in [1.29, 1.82) is 0 Å². The smallest absolute Gasteiger partial charge is 0.242 e. The molecule has 2 rings (SSSR count). The summed E-state index contributed by atoms with van der Waals surface area (Å²) in [6.07, 6.45) is 0. The van der Waals surface area contributed by atoms with Crippen molar-refractivity contribution in [3.63, 3.8) is 0 Å². The van der Waals surface area contributed by atoms with E-state index in [1.54, 1.807) is 12.1 Å². The van der Waals surface area contributed by atoms with Crippen molar-refractivity contribution in [2.45, 2.75) is 51.2 Å². The molecule has 0 unspecified atom stereocenters. The van der Waals surface area contributed by atoms with E-state index < -0.39 is 10.0 Å². The lowest BCUT2D eigenvalue weighted by Crippen LogP contribution is -2.35. The highest BCUT2D eigenvalue weighted by molar-refractivity contribution is 7.89. The minimum atomic E-state index is -3.45. The number of sulfonamides is 1. The van der Waals surface area contributed by atoms with E-state index in [1.807, 2.05) is 6.07 Å². The Morgan fingerprint density at radius 2 is 1.91 bits per heavy atom. The number of benzene rings is 1. The zero-order valence-corrected chi connectivity index (χ0v) is 15.5. The molecule has 0 radical (unpaired) electrons. The van der Waals surface area contributed by atoms with Crippen LogP contribution in [0.25, 0.3) is 11.0 Å². The first-order valence-corrected chi connectivity index (χ1v) is 9.17. The van der Waals surface area contributed by atoms with Crippen LogP contribution in [-0.2, 0) is 23.1 Å². The van der Waals surface area contributed by atoms with Gasteiger partial charge in [-0.2, -0.15) is 0 Å². The summed E-state index contributed by atoms with van der Waals surface area (Å²) in [6.45, 7) is 9.81. The predicted molar refractivity (Wildman–Crippen MR) is 92.9 cm³/mol. The molecule has 0 amide bonds. The van der Waals surface area contributed by atoms with E-state index in [1.165, 1.54) is 18.4 Å². The van der Waals surface area contributed by atoms with Crippen LogP contribution in [0.15, 0.2) is 23.1 Å². The third kappa shape index (κ3) is 3.73. The fourth-order valence-corrected chi connectivity index (χ4v) is 3.28. The molecule has 23 heavy (non-hydrogen) atoms. The Morgan fingerprint density at radius 1 is 1.26 bits per heavy atom. The number of hydrogen-bond acceptors (Lipinski definition) is 4. The average Bonchev–Trinajstić information content (AvgIpc) is 2.80. The number of hydrogen-bond donors (Lipinski definition) is 1. The molecular weight excluding hydrogens is 312 g/mol. The Bertz CT molecular complexity index is 801. The summed E-state index contributed by atoms with van der Waals surface area (Å²) in [5.74, 6) is 0.914. The SMILES string of the molecule is CCn1c(CNC(C)(C)C)nc2cc(S(=O)(=O)N(C)C)ccc21. The second kappa shape index (κ2) is 6.22. The molecule has 0 spiro atoms. The molecule has 0 fully saturated rings. The summed E-state index contributed by atoms with van der Waals surface area (Å²) in [5, 5.41) is 3.43. The van der Waals surface area contributed by atoms with Gasteiger partial charge in [0, 0.05) is 26.2 Å². The number of nitrogens with one attached hydrogen (secondary N) is 1. The molecule has 1 N–H and O–H groups in total. The monoisotopic (exact) mass is 338 g/mol. The molecule has 1 heterocycles. The van der Waals surface area contributed by atoms with Gasteiger partial charge in [0.1, 0.15) is 5.82 Å². The lowest BCUT2D eigenvalue weighted by atomic mass is 10.1.